The van der Waals surface area contributed by atoms with Gasteiger partial charge >= 0.3 is 5.63 Å². The largest absolute Gasteiger partial charge is 0.422 e. The third kappa shape index (κ3) is 3.34. The van der Waals surface area contributed by atoms with Gasteiger partial charge in [0, 0.05) is 42.4 Å². The van der Waals surface area contributed by atoms with Gasteiger partial charge in [-0.2, -0.15) is 0 Å². The van der Waals surface area contributed by atoms with E-state index in [-0.39, 0.29) is 11.3 Å². The van der Waals surface area contributed by atoms with Crippen LogP contribution in [-0.4, -0.2) is 23.9 Å². The number of amides is 1. The van der Waals surface area contributed by atoms with Gasteiger partial charge in [-0.05, 0) is 38.1 Å². The first-order valence-corrected chi connectivity index (χ1v) is 9.59. The number of carbonyl (C=O) groups is 1. The van der Waals surface area contributed by atoms with E-state index in [4.69, 9.17) is 4.42 Å². The van der Waals surface area contributed by atoms with Crippen molar-refractivity contribution in [3.8, 4) is 0 Å². The Morgan fingerprint density at radius 3 is 2.53 bits per heavy atom. The quantitative estimate of drug-likeness (QED) is 0.376. The molecule has 0 radical (unpaired) electrons. The molecular formula is C21H20N4O5. The number of nitro benzene ring substituents is 1. The van der Waals surface area contributed by atoms with Gasteiger partial charge in [-0.1, -0.05) is 0 Å². The number of hydrogen-bond acceptors (Lipinski definition) is 7. The Morgan fingerprint density at radius 2 is 1.83 bits per heavy atom. The van der Waals surface area contributed by atoms with Crippen molar-refractivity contribution in [3.63, 3.8) is 0 Å². The molecule has 1 aromatic heterocycles. The second-order valence-electron chi connectivity index (χ2n) is 6.94. The van der Waals surface area contributed by atoms with Crippen LogP contribution in [0.4, 0.5) is 22.7 Å². The maximum Gasteiger partial charge on any atom is 0.342 e. The number of non-ortho nitro benzene ring substituents is 1. The zero-order valence-electron chi connectivity index (χ0n) is 16.5. The molecule has 0 bridgehead atoms. The predicted octanol–water partition coefficient (Wildman–Crippen LogP) is 3.65. The van der Waals surface area contributed by atoms with Crippen LogP contribution in [0, 0.1) is 10.1 Å². The summed E-state index contributed by atoms with van der Waals surface area (Å²) in [5, 5.41) is 17.2. The van der Waals surface area contributed by atoms with Gasteiger partial charge in [0.15, 0.2) is 0 Å². The summed E-state index contributed by atoms with van der Waals surface area (Å²) >= 11 is 0. The number of benzene rings is 2. The lowest BCUT2D eigenvalue weighted by atomic mass is 10.0. The van der Waals surface area contributed by atoms with Gasteiger partial charge in [0.25, 0.3) is 11.6 Å². The zero-order chi connectivity index (χ0) is 21.4. The molecule has 0 aliphatic carbocycles. The lowest BCUT2D eigenvalue weighted by Gasteiger charge is -2.26. The summed E-state index contributed by atoms with van der Waals surface area (Å²) in [6.45, 7) is 5.75. The van der Waals surface area contributed by atoms with Gasteiger partial charge in [-0.3, -0.25) is 14.9 Å². The Balaban J connectivity index is 1.71. The van der Waals surface area contributed by atoms with Crippen molar-refractivity contribution >= 4 is 39.6 Å². The van der Waals surface area contributed by atoms with E-state index in [0.717, 1.165) is 18.8 Å². The van der Waals surface area contributed by atoms with Gasteiger partial charge in [0.05, 0.1) is 21.9 Å². The minimum absolute atomic E-state index is 0.136. The van der Waals surface area contributed by atoms with Crippen LogP contribution in [0.3, 0.4) is 0 Å². The fourth-order valence-corrected chi connectivity index (χ4v) is 3.62. The molecule has 1 unspecified atom stereocenters. The van der Waals surface area contributed by atoms with Crippen LogP contribution in [0.25, 0.3) is 11.0 Å². The molecule has 2 aromatic carbocycles. The van der Waals surface area contributed by atoms with E-state index < -0.39 is 22.5 Å². The summed E-state index contributed by atoms with van der Waals surface area (Å²) in [6.07, 6.45) is 0. The molecule has 9 heteroatoms. The molecule has 1 amide bonds. The summed E-state index contributed by atoms with van der Waals surface area (Å²) in [7, 11) is 0. The highest BCUT2D eigenvalue weighted by atomic mass is 16.6. The van der Waals surface area contributed by atoms with Gasteiger partial charge in [-0.15, -0.1) is 0 Å². The number of hydrogen-bond donors (Lipinski definition) is 2. The lowest BCUT2D eigenvalue weighted by Crippen LogP contribution is -2.34. The molecule has 0 fully saturated rings. The molecule has 0 saturated carbocycles. The SMILES string of the molecule is CCN(CC)c1ccc2cc(C3Nc4ccc([N+](=O)[O-])cc4NC3=O)c(=O)oc2c1. The molecule has 0 spiro atoms. The second-order valence-corrected chi connectivity index (χ2v) is 6.94. The Labute approximate surface area is 171 Å². The monoisotopic (exact) mass is 408 g/mol. The number of carbonyl (C=O) groups excluding carboxylic acids is 1. The average Bonchev–Trinajstić information content (AvgIpc) is 2.73. The van der Waals surface area contributed by atoms with Crippen LogP contribution in [0.5, 0.6) is 0 Å². The van der Waals surface area contributed by atoms with Crippen molar-refractivity contribution in [2.24, 2.45) is 0 Å². The Kier molecular flexibility index (Phi) is 4.86. The van der Waals surface area contributed by atoms with Gasteiger partial charge in [0.2, 0.25) is 0 Å². The number of anilines is 3. The predicted molar refractivity (Wildman–Crippen MR) is 114 cm³/mol. The first kappa shape index (κ1) is 19.4. The fourth-order valence-electron chi connectivity index (χ4n) is 3.62. The third-order valence-corrected chi connectivity index (χ3v) is 5.22. The molecule has 154 valence electrons. The van der Waals surface area contributed by atoms with Crippen LogP contribution in [0.15, 0.2) is 51.7 Å². The Hall–Kier alpha value is -3.88. The fraction of sp³-hybridized carbons (Fsp3) is 0.238. The number of nitro groups is 1. The molecule has 30 heavy (non-hydrogen) atoms. The number of fused-ring (bicyclic) bond motifs is 2. The molecule has 2 heterocycles. The summed E-state index contributed by atoms with van der Waals surface area (Å²) in [5.74, 6) is -0.491. The maximum absolute atomic E-state index is 12.7. The summed E-state index contributed by atoms with van der Waals surface area (Å²) in [6, 6.07) is 10.4. The highest BCUT2D eigenvalue weighted by molar-refractivity contribution is 6.04. The van der Waals surface area contributed by atoms with Gasteiger partial charge in [-0.25, -0.2) is 4.79 Å². The van der Waals surface area contributed by atoms with E-state index in [1.807, 2.05) is 32.0 Å². The molecule has 1 aliphatic heterocycles. The minimum Gasteiger partial charge on any atom is -0.422 e. The van der Waals surface area contributed by atoms with Crippen LogP contribution in [0.2, 0.25) is 0 Å². The zero-order valence-corrected chi connectivity index (χ0v) is 16.5. The normalized spacial score (nSPS) is 15.3. The Bertz CT molecular complexity index is 1220. The second kappa shape index (κ2) is 7.51. The molecule has 1 aliphatic rings. The van der Waals surface area contributed by atoms with E-state index in [1.165, 1.54) is 18.2 Å². The number of nitrogens with zero attached hydrogens (tertiary/aromatic N) is 2. The highest BCUT2D eigenvalue weighted by Crippen LogP contribution is 2.35. The van der Waals surface area contributed by atoms with Crippen LogP contribution in [0.1, 0.15) is 25.5 Å². The molecule has 9 nitrogen and oxygen atoms in total. The number of rotatable bonds is 5. The highest BCUT2D eigenvalue weighted by Gasteiger charge is 2.31. The van der Waals surface area contributed by atoms with E-state index in [9.17, 15) is 19.7 Å². The first-order valence-electron chi connectivity index (χ1n) is 9.59. The van der Waals surface area contributed by atoms with Crippen molar-refractivity contribution in [1.82, 2.24) is 0 Å². The number of nitrogens with one attached hydrogen (secondary N) is 2. The molecule has 3 aromatic rings. The first-order chi connectivity index (χ1) is 14.4. The summed E-state index contributed by atoms with van der Waals surface area (Å²) in [4.78, 5) is 37.8. The van der Waals surface area contributed by atoms with Crippen LogP contribution >= 0.6 is 0 Å². The van der Waals surface area contributed by atoms with Crippen molar-refractivity contribution in [1.29, 1.82) is 0 Å². The van der Waals surface area contributed by atoms with E-state index >= 15 is 0 Å². The van der Waals surface area contributed by atoms with Gasteiger partial charge in [0.1, 0.15) is 11.6 Å². The standard InChI is InChI=1S/C21H20N4O5/c1-3-24(4-2)13-6-5-12-9-15(21(27)30-18(12)11-13)19-20(26)23-17-10-14(25(28)29)7-8-16(17)22-19/h5-11,19,22H,3-4H2,1-2H3,(H,23,26). The Morgan fingerprint density at radius 1 is 1.07 bits per heavy atom. The molecule has 1 atom stereocenters. The van der Waals surface area contributed by atoms with Crippen molar-refractivity contribution in [3.05, 3.63) is 68.6 Å². The minimum atomic E-state index is -0.970. The van der Waals surface area contributed by atoms with Crippen molar-refractivity contribution < 1.29 is 14.1 Å². The van der Waals surface area contributed by atoms with E-state index in [2.05, 4.69) is 15.5 Å². The van der Waals surface area contributed by atoms with E-state index in [0.29, 0.717) is 22.3 Å². The van der Waals surface area contributed by atoms with Crippen molar-refractivity contribution in [2.45, 2.75) is 19.9 Å². The summed E-state index contributed by atoms with van der Waals surface area (Å²) < 4.78 is 5.52. The smallest absolute Gasteiger partial charge is 0.342 e. The average molecular weight is 408 g/mol. The molecule has 0 saturated heterocycles. The van der Waals surface area contributed by atoms with Crippen LogP contribution < -0.4 is 21.2 Å². The molecule has 2 N–H and O–H groups in total. The topological polar surface area (TPSA) is 118 Å². The molecule has 4 rings (SSSR count). The van der Waals surface area contributed by atoms with E-state index in [1.54, 1.807) is 6.07 Å². The maximum atomic E-state index is 12.7. The van der Waals surface area contributed by atoms with Crippen molar-refractivity contribution in [2.75, 3.05) is 28.6 Å². The lowest BCUT2D eigenvalue weighted by molar-refractivity contribution is -0.384. The third-order valence-electron chi connectivity index (χ3n) is 5.22. The molecular weight excluding hydrogens is 388 g/mol. The van der Waals surface area contributed by atoms with Gasteiger partial charge < -0.3 is 20.0 Å². The summed E-state index contributed by atoms with van der Waals surface area (Å²) in [5.41, 5.74) is 1.59. The van der Waals surface area contributed by atoms with Crippen LogP contribution in [-0.2, 0) is 4.79 Å².